The number of nitrogens with zero attached hydrogens (tertiary/aromatic N) is 1. The van der Waals surface area contributed by atoms with Crippen LogP contribution in [0.2, 0.25) is 0 Å². The van der Waals surface area contributed by atoms with Crippen molar-refractivity contribution < 1.29 is 4.74 Å². The smallest absolute Gasteiger partial charge is 0.0593 e. The highest BCUT2D eigenvalue weighted by Crippen LogP contribution is 2.36. The molecule has 15 heavy (non-hydrogen) atoms. The quantitative estimate of drug-likeness (QED) is 0.681. The molecule has 1 fully saturated rings. The zero-order chi connectivity index (χ0) is 11.3. The standard InChI is InChI=1S/C12H26N2O/c1-4-15-9-8-14(3)10-12(2)7-5-6-11(12)13/h11H,4-10,13H2,1-3H3. The van der Waals surface area contributed by atoms with E-state index < -0.39 is 0 Å². The van der Waals surface area contributed by atoms with E-state index in [0.29, 0.717) is 11.5 Å². The maximum absolute atomic E-state index is 6.16. The normalized spacial score (nSPS) is 31.4. The lowest BCUT2D eigenvalue weighted by molar-refractivity contribution is 0.101. The van der Waals surface area contributed by atoms with Gasteiger partial charge in [-0.15, -0.1) is 0 Å². The molecule has 1 aliphatic carbocycles. The second-order valence-electron chi connectivity index (χ2n) is 5.09. The van der Waals surface area contributed by atoms with Crippen LogP contribution in [0.4, 0.5) is 0 Å². The van der Waals surface area contributed by atoms with Crippen molar-refractivity contribution in [2.75, 3.05) is 33.4 Å². The molecule has 0 spiro atoms. The van der Waals surface area contributed by atoms with E-state index in [1.165, 1.54) is 19.3 Å². The first kappa shape index (κ1) is 12.9. The Morgan fingerprint density at radius 1 is 1.53 bits per heavy atom. The first-order valence-electron chi connectivity index (χ1n) is 6.10. The second kappa shape index (κ2) is 5.83. The maximum atomic E-state index is 6.16. The molecule has 0 aromatic heterocycles. The summed E-state index contributed by atoms with van der Waals surface area (Å²) in [6.45, 7) is 8.11. The largest absolute Gasteiger partial charge is 0.380 e. The zero-order valence-corrected chi connectivity index (χ0v) is 10.5. The summed E-state index contributed by atoms with van der Waals surface area (Å²) in [6.07, 6.45) is 3.75. The van der Waals surface area contributed by atoms with Gasteiger partial charge in [0.2, 0.25) is 0 Å². The van der Waals surface area contributed by atoms with Gasteiger partial charge in [0.15, 0.2) is 0 Å². The van der Waals surface area contributed by atoms with Crippen LogP contribution in [0.15, 0.2) is 0 Å². The van der Waals surface area contributed by atoms with Gasteiger partial charge >= 0.3 is 0 Å². The molecule has 1 aliphatic rings. The summed E-state index contributed by atoms with van der Waals surface area (Å²) in [5.41, 5.74) is 6.48. The van der Waals surface area contributed by atoms with E-state index in [2.05, 4.69) is 18.9 Å². The van der Waals surface area contributed by atoms with E-state index >= 15 is 0 Å². The molecule has 1 saturated carbocycles. The van der Waals surface area contributed by atoms with Gasteiger partial charge in [0.25, 0.3) is 0 Å². The molecule has 3 nitrogen and oxygen atoms in total. The Labute approximate surface area is 94.0 Å². The summed E-state index contributed by atoms with van der Waals surface area (Å²) in [4.78, 5) is 2.35. The summed E-state index contributed by atoms with van der Waals surface area (Å²) in [5, 5.41) is 0. The minimum atomic E-state index is 0.320. The zero-order valence-electron chi connectivity index (χ0n) is 10.5. The monoisotopic (exact) mass is 214 g/mol. The van der Waals surface area contributed by atoms with Gasteiger partial charge in [-0.2, -0.15) is 0 Å². The van der Waals surface area contributed by atoms with Crippen LogP contribution in [0.25, 0.3) is 0 Å². The molecule has 2 unspecified atom stereocenters. The first-order chi connectivity index (χ1) is 7.08. The molecule has 0 aromatic rings. The molecular formula is C12H26N2O. The number of nitrogens with two attached hydrogens (primary N) is 1. The van der Waals surface area contributed by atoms with E-state index in [-0.39, 0.29) is 0 Å². The van der Waals surface area contributed by atoms with Crippen molar-refractivity contribution in [1.82, 2.24) is 4.90 Å². The van der Waals surface area contributed by atoms with Gasteiger partial charge in [0.1, 0.15) is 0 Å². The van der Waals surface area contributed by atoms with Crippen LogP contribution in [0.5, 0.6) is 0 Å². The summed E-state index contributed by atoms with van der Waals surface area (Å²) >= 11 is 0. The molecule has 0 aromatic carbocycles. The van der Waals surface area contributed by atoms with E-state index in [0.717, 1.165) is 26.3 Å². The maximum Gasteiger partial charge on any atom is 0.0593 e. The van der Waals surface area contributed by atoms with Crippen LogP contribution in [-0.4, -0.2) is 44.3 Å². The Bertz CT molecular complexity index is 186. The number of hydrogen-bond donors (Lipinski definition) is 1. The van der Waals surface area contributed by atoms with E-state index in [9.17, 15) is 0 Å². The number of rotatable bonds is 6. The van der Waals surface area contributed by atoms with Crippen molar-refractivity contribution in [2.45, 2.75) is 39.2 Å². The van der Waals surface area contributed by atoms with E-state index in [1.807, 2.05) is 6.92 Å². The molecule has 0 amide bonds. The average Bonchev–Trinajstić information content (AvgIpc) is 2.47. The predicted octanol–water partition coefficient (Wildman–Crippen LogP) is 1.47. The minimum absolute atomic E-state index is 0.320. The Balaban J connectivity index is 2.27. The molecule has 0 radical (unpaired) electrons. The van der Waals surface area contributed by atoms with Crippen LogP contribution >= 0.6 is 0 Å². The number of hydrogen-bond acceptors (Lipinski definition) is 3. The van der Waals surface area contributed by atoms with Gasteiger partial charge in [-0.25, -0.2) is 0 Å². The fourth-order valence-electron chi connectivity index (χ4n) is 2.52. The molecule has 0 bridgehead atoms. The van der Waals surface area contributed by atoms with Crippen LogP contribution in [0.3, 0.4) is 0 Å². The molecule has 0 heterocycles. The fraction of sp³-hybridized carbons (Fsp3) is 1.00. The molecule has 2 N–H and O–H groups in total. The van der Waals surface area contributed by atoms with E-state index in [1.54, 1.807) is 0 Å². The van der Waals surface area contributed by atoms with Crippen molar-refractivity contribution in [3.8, 4) is 0 Å². The van der Waals surface area contributed by atoms with Gasteiger partial charge in [-0.1, -0.05) is 13.3 Å². The van der Waals surface area contributed by atoms with Gasteiger partial charge in [0, 0.05) is 25.7 Å². The highest BCUT2D eigenvalue weighted by Gasteiger charge is 2.36. The van der Waals surface area contributed by atoms with Crippen LogP contribution in [0, 0.1) is 5.41 Å². The summed E-state index contributed by atoms with van der Waals surface area (Å²) in [6, 6.07) is 0.382. The summed E-state index contributed by atoms with van der Waals surface area (Å²) in [7, 11) is 2.16. The fourth-order valence-corrected chi connectivity index (χ4v) is 2.52. The lowest BCUT2D eigenvalue weighted by atomic mass is 9.85. The van der Waals surface area contributed by atoms with E-state index in [4.69, 9.17) is 10.5 Å². The Morgan fingerprint density at radius 3 is 2.80 bits per heavy atom. The van der Waals surface area contributed by atoms with Crippen LogP contribution < -0.4 is 5.73 Å². The third-order valence-electron chi connectivity index (χ3n) is 3.61. The first-order valence-corrected chi connectivity index (χ1v) is 6.10. The Hall–Kier alpha value is -0.120. The number of likely N-dealkylation sites (N-methyl/N-ethyl adjacent to an activating group) is 1. The van der Waals surface area contributed by atoms with Crippen molar-refractivity contribution in [3.05, 3.63) is 0 Å². The molecule has 3 heteroatoms. The highest BCUT2D eigenvalue weighted by molar-refractivity contribution is 4.93. The molecule has 0 aliphatic heterocycles. The SMILES string of the molecule is CCOCCN(C)CC1(C)CCCC1N. The van der Waals surface area contributed by atoms with Crippen molar-refractivity contribution in [1.29, 1.82) is 0 Å². The lowest BCUT2D eigenvalue weighted by Crippen LogP contribution is -2.43. The molecule has 1 rings (SSSR count). The third-order valence-corrected chi connectivity index (χ3v) is 3.61. The average molecular weight is 214 g/mol. The minimum Gasteiger partial charge on any atom is -0.380 e. The molecule has 90 valence electrons. The Morgan fingerprint density at radius 2 is 2.27 bits per heavy atom. The molecule has 0 saturated heterocycles. The highest BCUT2D eigenvalue weighted by atomic mass is 16.5. The number of ether oxygens (including phenoxy) is 1. The van der Waals surface area contributed by atoms with Crippen LogP contribution in [0.1, 0.15) is 33.1 Å². The second-order valence-corrected chi connectivity index (χ2v) is 5.09. The lowest BCUT2D eigenvalue weighted by Gasteiger charge is -2.33. The van der Waals surface area contributed by atoms with Gasteiger partial charge in [-0.3, -0.25) is 0 Å². The van der Waals surface area contributed by atoms with Crippen molar-refractivity contribution in [3.63, 3.8) is 0 Å². The molecular weight excluding hydrogens is 188 g/mol. The third kappa shape index (κ3) is 3.74. The summed E-state index contributed by atoms with van der Waals surface area (Å²) in [5.74, 6) is 0. The van der Waals surface area contributed by atoms with Gasteiger partial charge in [-0.05, 0) is 32.2 Å². The van der Waals surface area contributed by atoms with Gasteiger partial charge in [0.05, 0.1) is 6.61 Å². The molecule has 2 atom stereocenters. The summed E-state index contributed by atoms with van der Waals surface area (Å²) < 4.78 is 5.36. The predicted molar refractivity (Wildman–Crippen MR) is 63.9 cm³/mol. The van der Waals surface area contributed by atoms with Gasteiger partial charge < -0.3 is 15.4 Å². The topological polar surface area (TPSA) is 38.5 Å². The Kier molecular flexibility index (Phi) is 5.03. The van der Waals surface area contributed by atoms with Crippen molar-refractivity contribution in [2.24, 2.45) is 11.1 Å². The van der Waals surface area contributed by atoms with Crippen molar-refractivity contribution >= 4 is 0 Å². The van der Waals surface area contributed by atoms with Crippen LogP contribution in [-0.2, 0) is 4.74 Å².